The van der Waals surface area contributed by atoms with Gasteiger partial charge in [0.25, 0.3) is 0 Å². The Balaban J connectivity index is 2.21. The average molecular weight is 285 g/mol. The molecule has 2 unspecified atom stereocenters. The van der Waals surface area contributed by atoms with Crippen LogP contribution < -0.4 is 5.73 Å². The van der Waals surface area contributed by atoms with E-state index in [1.54, 1.807) is 18.2 Å². The second-order valence-electron chi connectivity index (χ2n) is 5.47. The van der Waals surface area contributed by atoms with Crippen molar-refractivity contribution < 1.29 is 4.39 Å². The van der Waals surface area contributed by atoms with Crippen molar-refractivity contribution in [2.75, 3.05) is 19.6 Å². The molecule has 0 radical (unpaired) electrons. The smallest absolute Gasteiger partial charge is 0.146 e. The van der Waals surface area contributed by atoms with Gasteiger partial charge in [-0.25, -0.2) is 4.39 Å². The zero-order valence-electron chi connectivity index (χ0n) is 11.4. The molecule has 1 aliphatic heterocycles. The molecule has 0 amide bonds. The fourth-order valence-corrected chi connectivity index (χ4v) is 3.03. The normalized spacial score (nSPS) is 23.1. The van der Waals surface area contributed by atoms with Crippen LogP contribution in [-0.2, 0) is 0 Å². The topological polar surface area (TPSA) is 29.3 Å². The Labute approximate surface area is 119 Å². The summed E-state index contributed by atoms with van der Waals surface area (Å²) in [5, 5.41) is 0.180. The van der Waals surface area contributed by atoms with Crippen LogP contribution in [0.5, 0.6) is 0 Å². The van der Waals surface area contributed by atoms with Gasteiger partial charge in [0, 0.05) is 18.2 Å². The van der Waals surface area contributed by atoms with E-state index in [0.29, 0.717) is 12.1 Å². The first kappa shape index (κ1) is 14.8. The van der Waals surface area contributed by atoms with Crippen LogP contribution in [0, 0.1) is 11.7 Å². The van der Waals surface area contributed by atoms with Crippen molar-refractivity contribution in [3.05, 3.63) is 34.6 Å². The summed E-state index contributed by atoms with van der Waals surface area (Å²) in [4.78, 5) is 2.30. The Bertz CT molecular complexity index is 425. The molecule has 0 aromatic heterocycles. The Morgan fingerprint density at radius 1 is 1.42 bits per heavy atom. The van der Waals surface area contributed by atoms with Gasteiger partial charge >= 0.3 is 0 Å². The van der Waals surface area contributed by atoms with Crippen LogP contribution in [0.25, 0.3) is 0 Å². The van der Waals surface area contributed by atoms with E-state index in [1.807, 2.05) is 0 Å². The fraction of sp³-hybridized carbons (Fsp3) is 0.600. The van der Waals surface area contributed by atoms with E-state index in [4.69, 9.17) is 17.3 Å². The van der Waals surface area contributed by atoms with Gasteiger partial charge in [-0.2, -0.15) is 0 Å². The first-order valence-corrected chi connectivity index (χ1v) is 7.39. The van der Waals surface area contributed by atoms with Crippen molar-refractivity contribution in [3.8, 4) is 0 Å². The lowest BCUT2D eigenvalue weighted by atomic mass is 10.0. The van der Waals surface area contributed by atoms with Crippen LogP contribution in [0.15, 0.2) is 18.2 Å². The van der Waals surface area contributed by atoms with Crippen molar-refractivity contribution in [2.24, 2.45) is 11.7 Å². The minimum Gasteiger partial charge on any atom is -0.329 e. The number of nitrogens with zero attached hydrogens (tertiary/aromatic N) is 1. The molecule has 0 saturated carbocycles. The van der Waals surface area contributed by atoms with Crippen LogP contribution in [0.3, 0.4) is 0 Å². The fourth-order valence-electron chi connectivity index (χ4n) is 2.85. The average Bonchev–Trinajstić information content (AvgIpc) is 2.61. The highest BCUT2D eigenvalue weighted by atomic mass is 35.5. The lowest BCUT2D eigenvalue weighted by Gasteiger charge is -2.30. The maximum Gasteiger partial charge on any atom is 0.146 e. The van der Waals surface area contributed by atoms with Crippen LogP contribution in [-0.4, -0.2) is 24.5 Å². The van der Waals surface area contributed by atoms with Gasteiger partial charge in [0.1, 0.15) is 5.82 Å². The zero-order chi connectivity index (χ0) is 13.8. The molecule has 1 aromatic rings. The molecule has 4 heteroatoms. The predicted octanol–water partition coefficient (Wildman–Crippen LogP) is 3.60. The summed E-state index contributed by atoms with van der Waals surface area (Å²) in [7, 11) is 0. The van der Waals surface area contributed by atoms with E-state index >= 15 is 0 Å². The summed E-state index contributed by atoms with van der Waals surface area (Å²) < 4.78 is 14.2. The first-order valence-electron chi connectivity index (χ1n) is 7.01. The van der Waals surface area contributed by atoms with Crippen molar-refractivity contribution in [1.29, 1.82) is 0 Å². The van der Waals surface area contributed by atoms with Gasteiger partial charge in [-0.05, 0) is 44.3 Å². The molecule has 1 aromatic carbocycles. The number of halogens is 2. The summed E-state index contributed by atoms with van der Waals surface area (Å²) in [5.41, 5.74) is 6.52. The summed E-state index contributed by atoms with van der Waals surface area (Å²) in [6.07, 6.45) is 3.55. The van der Waals surface area contributed by atoms with Gasteiger partial charge in [0.2, 0.25) is 0 Å². The molecule has 1 aliphatic rings. The van der Waals surface area contributed by atoms with Crippen LogP contribution in [0.2, 0.25) is 5.02 Å². The molecular weight excluding hydrogens is 263 g/mol. The quantitative estimate of drug-likeness (QED) is 0.919. The number of hydrogen-bond donors (Lipinski definition) is 1. The Morgan fingerprint density at radius 2 is 2.21 bits per heavy atom. The number of rotatable bonds is 3. The number of hydrogen-bond acceptors (Lipinski definition) is 2. The molecule has 2 N–H and O–H groups in total. The van der Waals surface area contributed by atoms with E-state index in [9.17, 15) is 4.39 Å². The van der Waals surface area contributed by atoms with Gasteiger partial charge in [-0.1, -0.05) is 30.7 Å². The molecule has 0 spiro atoms. The maximum absolute atomic E-state index is 14.2. The lowest BCUT2D eigenvalue weighted by Crippen LogP contribution is -2.35. The number of benzene rings is 1. The minimum atomic E-state index is -0.322. The van der Waals surface area contributed by atoms with E-state index in [2.05, 4.69) is 11.8 Å². The monoisotopic (exact) mass is 284 g/mol. The molecule has 0 bridgehead atoms. The molecule has 2 atom stereocenters. The third-order valence-electron chi connectivity index (χ3n) is 4.06. The number of nitrogens with two attached hydrogens (primary N) is 1. The molecule has 2 nitrogen and oxygen atoms in total. The second kappa shape index (κ2) is 6.69. The third-order valence-corrected chi connectivity index (χ3v) is 4.35. The van der Waals surface area contributed by atoms with Gasteiger partial charge < -0.3 is 5.73 Å². The number of likely N-dealkylation sites (tertiary alicyclic amines) is 1. The molecule has 0 aliphatic carbocycles. The van der Waals surface area contributed by atoms with Crippen LogP contribution in [0.4, 0.5) is 4.39 Å². The van der Waals surface area contributed by atoms with Crippen LogP contribution in [0.1, 0.15) is 37.8 Å². The predicted molar refractivity (Wildman–Crippen MR) is 77.8 cm³/mol. The summed E-state index contributed by atoms with van der Waals surface area (Å²) >= 11 is 5.87. The highest BCUT2D eigenvalue weighted by molar-refractivity contribution is 6.30. The standard InChI is InChI=1S/C15H22ClFN2/c1-11-4-3-8-19(9-7-11)14(10-18)12-5-2-6-13(16)15(12)17/h2,5-6,11,14H,3-4,7-10,18H2,1H3. The SMILES string of the molecule is CC1CCCN(C(CN)c2cccc(Cl)c2F)CC1. The maximum atomic E-state index is 14.2. The second-order valence-corrected chi connectivity index (χ2v) is 5.87. The van der Waals surface area contributed by atoms with Gasteiger partial charge in [0.05, 0.1) is 5.02 Å². The van der Waals surface area contributed by atoms with E-state index in [0.717, 1.165) is 31.8 Å². The van der Waals surface area contributed by atoms with Crippen molar-refractivity contribution in [3.63, 3.8) is 0 Å². The van der Waals surface area contributed by atoms with Gasteiger partial charge in [0.15, 0.2) is 0 Å². The van der Waals surface area contributed by atoms with Crippen molar-refractivity contribution in [2.45, 2.75) is 32.2 Å². The lowest BCUT2D eigenvalue weighted by molar-refractivity contribution is 0.203. The Kier molecular flexibility index (Phi) is 5.20. The minimum absolute atomic E-state index is 0.0657. The molecule has 2 rings (SSSR count). The highest BCUT2D eigenvalue weighted by Crippen LogP contribution is 2.29. The summed E-state index contributed by atoms with van der Waals surface area (Å²) in [5.74, 6) is 0.421. The van der Waals surface area contributed by atoms with E-state index in [-0.39, 0.29) is 16.9 Å². The Hall–Kier alpha value is -0.640. The molecule has 1 saturated heterocycles. The van der Waals surface area contributed by atoms with Gasteiger partial charge in [-0.15, -0.1) is 0 Å². The molecule has 1 fully saturated rings. The van der Waals surface area contributed by atoms with Crippen molar-refractivity contribution >= 4 is 11.6 Å². The molecule has 1 heterocycles. The zero-order valence-corrected chi connectivity index (χ0v) is 12.2. The Morgan fingerprint density at radius 3 is 2.95 bits per heavy atom. The highest BCUT2D eigenvalue weighted by Gasteiger charge is 2.24. The third kappa shape index (κ3) is 3.47. The largest absolute Gasteiger partial charge is 0.329 e. The molecule has 106 valence electrons. The van der Waals surface area contributed by atoms with Crippen LogP contribution >= 0.6 is 11.6 Å². The molecular formula is C15H22ClFN2. The van der Waals surface area contributed by atoms with E-state index in [1.165, 1.54) is 6.42 Å². The summed E-state index contributed by atoms with van der Waals surface area (Å²) in [6.45, 7) is 4.67. The van der Waals surface area contributed by atoms with E-state index < -0.39 is 0 Å². The van der Waals surface area contributed by atoms with Crippen molar-refractivity contribution in [1.82, 2.24) is 4.90 Å². The first-order chi connectivity index (χ1) is 9.13. The van der Waals surface area contributed by atoms with Gasteiger partial charge in [-0.3, -0.25) is 4.90 Å². The summed E-state index contributed by atoms with van der Waals surface area (Å²) in [6, 6.07) is 5.11. The molecule has 19 heavy (non-hydrogen) atoms.